The monoisotopic (exact) mass is 288 g/mol. The smallest absolute Gasteiger partial charge is 0.120 e. The van der Waals surface area contributed by atoms with Crippen LogP contribution in [0, 0.1) is 0 Å². The van der Waals surface area contributed by atoms with E-state index in [-0.39, 0.29) is 6.61 Å². The van der Waals surface area contributed by atoms with Crippen LogP contribution in [-0.4, -0.2) is 37.5 Å². The summed E-state index contributed by atoms with van der Waals surface area (Å²) in [5.74, 6) is 0.743. The van der Waals surface area contributed by atoms with Crippen LogP contribution in [0.3, 0.4) is 0 Å². The molecular formula is C11H17BrN2O2. The SMILES string of the molecule is NCCNCC(O)COc1cccc(Br)c1. The van der Waals surface area contributed by atoms with Gasteiger partial charge in [-0.15, -0.1) is 0 Å². The number of nitrogens with one attached hydrogen (secondary N) is 1. The third-order valence-electron chi connectivity index (χ3n) is 1.94. The lowest BCUT2D eigenvalue weighted by Gasteiger charge is -2.13. The lowest BCUT2D eigenvalue weighted by Crippen LogP contribution is -2.34. The maximum absolute atomic E-state index is 9.57. The molecule has 0 bridgehead atoms. The Balaban J connectivity index is 2.23. The molecule has 0 saturated heterocycles. The van der Waals surface area contributed by atoms with E-state index < -0.39 is 6.10 Å². The molecule has 1 atom stereocenters. The van der Waals surface area contributed by atoms with Gasteiger partial charge in [-0.25, -0.2) is 0 Å². The van der Waals surface area contributed by atoms with Crippen LogP contribution in [0.4, 0.5) is 0 Å². The molecule has 0 aliphatic rings. The van der Waals surface area contributed by atoms with Gasteiger partial charge in [-0.3, -0.25) is 0 Å². The highest BCUT2D eigenvalue weighted by Gasteiger charge is 2.04. The standard InChI is InChI=1S/C11H17BrN2O2/c12-9-2-1-3-11(6-9)16-8-10(15)7-14-5-4-13/h1-3,6,10,14-15H,4-5,7-8,13H2. The summed E-state index contributed by atoms with van der Waals surface area (Å²) >= 11 is 3.35. The minimum absolute atomic E-state index is 0.272. The Morgan fingerprint density at radius 1 is 1.50 bits per heavy atom. The third-order valence-corrected chi connectivity index (χ3v) is 2.43. The number of benzene rings is 1. The van der Waals surface area contributed by atoms with E-state index in [0.717, 1.165) is 10.2 Å². The van der Waals surface area contributed by atoms with E-state index in [1.165, 1.54) is 0 Å². The molecule has 0 saturated carbocycles. The highest BCUT2D eigenvalue weighted by atomic mass is 79.9. The normalized spacial score (nSPS) is 12.4. The van der Waals surface area contributed by atoms with E-state index in [9.17, 15) is 5.11 Å². The van der Waals surface area contributed by atoms with E-state index in [1.807, 2.05) is 24.3 Å². The maximum Gasteiger partial charge on any atom is 0.120 e. The molecule has 0 aliphatic carbocycles. The van der Waals surface area contributed by atoms with E-state index in [0.29, 0.717) is 19.6 Å². The minimum atomic E-state index is -0.523. The number of hydrogen-bond acceptors (Lipinski definition) is 4. The Kier molecular flexibility index (Phi) is 6.40. The van der Waals surface area contributed by atoms with Gasteiger partial charge >= 0.3 is 0 Å². The molecule has 0 aromatic heterocycles. The first kappa shape index (κ1) is 13.4. The second-order valence-electron chi connectivity index (χ2n) is 3.42. The molecule has 0 spiro atoms. The summed E-state index contributed by atoms with van der Waals surface area (Å²) in [7, 11) is 0. The summed E-state index contributed by atoms with van der Waals surface area (Å²) in [6, 6.07) is 7.52. The van der Waals surface area contributed by atoms with Crippen LogP contribution < -0.4 is 15.8 Å². The van der Waals surface area contributed by atoms with Crippen molar-refractivity contribution in [2.24, 2.45) is 5.73 Å². The van der Waals surface area contributed by atoms with Gasteiger partial charge in [-0.2, -0.15) is 0 Å². The van der Waals surface area contributed by atoms with Crippen molar-refractivity contribution >= 4 is 15.9 Å². The number of halogens is 1. The summed E-state index contributed by atoms with van der Waals surface area (Å²) < 4.78 is 6.39. The highest BCUT2D eigenvalue weighted by Crippen LogP contribution is 2.17. The third kappa shape index (κ3) is 5.46. The van der Waals surface area contributed by atoms with Crippen molar-refractivity contribution in [1.29, 1.82) is 0 Å². The average molecular weight is 289 g/mol. The van der Waals surface area contributed by atoms with Gasteiger partial charge in [0, 0.05) is 24.1 Å². The molecule has 16 heavy (non-hydrogen) atoms. The van der Waals surface area contributed by atoms with Gasteiger partial charge in [0.2, 0.25) is 0 Å². The number of rotatable bonds is 7. The van der Waals surface area contributed by atoms with Crippen molar-refractivity contribution in [3.05, 3.63) is 28.7 Å². The van der Waals surface area contributed by atoms with Crippen LogP contribution in [0.1, 0.15) is 0 Å². The predicted octanol–water partition coefficient (Wildman–Crippen LogP) is 0.737. The zero-order valence-electron chi connectivity index (χ0n) is 9.03. The Morgan fingerprint density at radius 2 is 2.31 bits per heavy atom. The van der Waals surface area contributed by atoms with Crippen molar-refractivity contribution in [2.75, 3.05) is 26.2 Å². The molecule has 4 nitrogen and oxygen atoms in total. The predicted molar refractivity (Wildman–Crippen MR) is 67.6 cm³/mol. The first-order valence-corrected chi connectivity index (χ1v) is 5.99. The zero-order chi connectivity index (χ0) is 11.8. The summed E-state index contributed by atoms with van der Waals surface area (Å²) in [6.45, 7) is 2.03. The molecule has 0 fully saturated rings. The van der Waals surface area contributed by atoms with Gasteiger partial charge in [-0.1, -0.05) is 22.0 Å². The molecule has 1 aromatic rings. The molecule has 0 heterocycles. The molecule has 0 aliphatic heterocycles. The van der Waals surface area contributed by atoms with Gasteiger partial charge < -0.3 is 20.9 Å². The number of nitrogens with two attached hydrogens (primary N) is 1. The summed E-state index contributed by atoms with van der Waals surface area (Å²) in [5.41, 5.74) is 5.32. The van der Waals surface area contributed by atoms with Crippen LogP contribution >= 0.6 is 15.9 Å². The summed E-state index contributed by atoms with van der Waals surface area (Å²) in [4.78, 5) is 0. The van der Waals surface area contributed by atoms with E-state index in [2.05, 4.69) is 21.2 Å². The molecule has 1 unspecified atom stereocenters. The lowest BCUT2D eigenvalue weighted by atomic mass is 10.3. The van der Waals surface area contributed by atoms with Crippen molar-refractivity contribution in [3.63, 3.8) is 0 Å². The molecule has 0 amide bonds. The average Bonchev–Trinajstić information content (AvgIpc) is 2.27. The Bertz CT molecular complexity index is 310. The summed E-state index contributed by atoms with van der Waals surface area (Å²) in [5, 5.41) is 12.6. The second-order valence-corrected chi connectivity index (χ2v) is 4.33. The topological polar surface area (TPSA) is 67.5 Å². The van der Waals surface area contributed by atoms with Crippen molar-refractivity contribution < 1.29 is 9.84 Å². The minimum Gasteiger partial charge on any atom is -0.491 e. The molecule has 0 radical (unpaired) electrons. The molecule has 5 heteroatoms. The fourth-order valence-electron chi connectivity index (χ4n) is 1.18. The van der Waals surface area contributed by atoms with E-state index in [1.54, 1.807) is 0 Å². The fourth-order valence-corrected chi connectivity index (χ4v) is 1.56. The first-order valence-electron chi connectivity index (χ1n) is 5.19. The maximum atomic E-state index is 9.57. The van der Waals surface area contributed by atoms with Crippen LogP contribution in [0.15, 0.2) is 28.7 Å². The van der Waals surface area contributed by atoms with Crippen LogP contribution in [-0.2, 0) is 0 Å². The number of aliphatic hydroxyl groups excluding tert-OH is 1. The fraction of sp³-hybridized carbons (Fsp3) is 0.455. The molecule has 1 rings (SSSR count). The molecule has 1 aromatic carbocycles. The Labute approximate surface area is 104 Å². The van der Waals surface area contributed by atoms with Crippen molar-refractivity contribution in [2.45, 2.75) is 6.10 Å². The molecular weight excluding hydrogens is 272 g/mol. The highest BCUT2D eigenvalue weighted by molar-refractivity contribution is 9.10. The van der Waals surface area contributed by atoms with Gasteiger partial charge in [0.05, 0.1) is 0 Å². The van der Waals surface area contributed by atoms with E-state index in [4.69, 9.17) is 10.5 Å². The second kappa shape index (κ2) is 7.62. The quantitative estimate of drug-likeness (QED) is 0.648. The van der Waals surface area contributed by atoms with Gasteiger partial charge in [-0.05, 0) is 18.2 Å². The van der Waals surface area contributed by atoms with Gasteiger partial charge in [0.1, 0.15) is 18.5 Å². The van der Waals surface area contributed by atoms with Crippen LogP contribution in [0.5, 0.6) is 5.75 Å². The molecule has 4 N–H and O–H groups in total. The first-order chi connectivity index (χ1) is 7.72. The molecule has 90 valence electrons. The Hall–Kier alpha value is -0.620. The van der Waals surface area contributed by atoms with Crippen molar-refractivity contribution in [3.8, 4) is 5.75 Å². The number of aliphatic hydroxyl groups is 1. The van der Waals surface area contributed by atoms with Crippen molar-refractivity contribution in [1.82, 2.24) is 5.32 Å². The van der Waals surface area contributed by atoms with Crippen LogP contribution in [0.25, 0.3) is 0 Å². The van der Waals surface area contributed by atoms with Gasteiger partial charge in [0.15, 0.2) is 0 Å². The Morgan fingerprint density at radius 3 is 3.00 bits per heavy atom. The lowest BCUT2D eigenvalue weighted by molar-refractivity contribution is 0.107. The number of hydrogen-bond donors (Lipinski definition) is 3. The van der Waals surface area contributed by atoms with Gasteiger partial charge in [0.25, 0.3) is 0 Å². The number of ether oxygens (including phenoxy) is 1. The summed E-state index contributed by atoms with van der Waals surface area (Å²) in [6.07, 6.45) is -0.523. The van der Waals surface area contributed by atoms with Crippen LogP contribution in [0.2, 0.25) is 0 Å². The zero-order valence-corrected chi connectivity index (χ0v) is 10.6. The largest absolute Gasteiger partial charge is 0.491 e. The van der Waals surface area contributed by atoms with E-state index >= 15 is 0 Å².